The lowest BCUT2D eigenvalue weighted by molar-refractivity contribution is 0.102. The van der Waals surface area contributed by atoms with Gasteiger partial charge in [-0.3, -0.25) is 4.79 Å². The third kappa shape index (κ3) is 4.27. The monoisotopic (exact) mass is 393 g/mol. The summed E-state index contributed by atoms with van der Waals surface area (Å²) >= 11 is 3.39. The van der Waals surface area contributed by atoms with Crippen molar-refractivity contribution in [3.63, 3.8) is 0 Å². The van der Waals surface area contributed by atoms with Crippen LogP contribution in [-0.4, -0.2) is 16.1 Å². The van der Waals surface area contributed by atoms with Crippen LogP contribution in [0.2, 0.25) is 0 Å². The van der Waals surface area contributed by atoms with E-state index in [1.807, 2.05) is 54.6 Å². The highest BCUT2D eigenvalue weighted by Crippen LogP contribution is 2.28. The first-order chi connectivity index (χ1) is 13.3. The Balaban J connectivity index is 1.46. The van der Waals surface area contributed by atoms with Gasteiger partial charge in [0, 0.05) is 26.8 Å². The Labute approximate surface area is 164 Å². The molecule has 2 heterocycles. The second kappa shape index (κ2) is 8.20. The van der Waals surface area contributed by atoms with E-state index in [9.17, 15) is 4.79 Å². The Morgan fingerprint density at radius 3 is 2.67 bits per heavy atom. The van der Waals surface area contributed by atoms with Crippen molar-refractivity contribution < 1.29 is 9.21 Å². The molecule has 7 heteroatoms. The lowest BCUT2D eigenvalue weighted by Gasteiger charge is -2.10. The van der Waals surface area contributed by atoms with Gasteiger partial charge in [0.25, 0.3) is 5.91 Å². The Bertz CT molecular complexity index is 1010. The lowest BCUT2D eigenvalue weighted by atomic mass is 10.2. The molecule has 0 saturated heterocycles. The first kappa shape index (κ1) is 17.5. The molecule has 4 aromatic rings. The van der Waals surface area contributed by atoms with Gasteiger partial charge < -0.3 is 9.73 Å². The first-order valence-corrected chi connectivity index (χ1v) is 10.1. The Hall–Kier alpha value is -2.90. The summed E-state index contributed by atoms with van der Waals surface area (Å²) in [6.45, 7) is 0. The number of thiophene rings is 1. The van der Waals surface area contributed by atoms with Crippen LogP contribution in [-0.2, 0) is 5.75 Å². The molecule has 2 aromatic heterocycles. The van der Waals surface area contributed by atoms with E-state index in [0.29, 0.717) is 17.1 Å². The Kier molecular flexibility index (Phi) is 5.32. The predicted molar refractivity (Wildman–Crippen MR) is 108 cm³/mol. The van der Waals surface area contributed by atoms with Crippen LogP contribution < -0.4 is 5.32 Å². The van der Waals surface area contributed by atoms with E-state index in [2.05, 4.69) is 27.0 Å². The molecule has 0 aliphatic heterocycles. The van der Waals surface area contributed by atoms with Gasteiger partial charge in [-0.05, 0) is 47.8 Å². The van der Waals surface area contributed by atoms with Crippen molar-refractivity contribution in [3.05, 3.63) is 82.9 Å². The maximum absolute atomic E-state index is 12.7. The van der Waals surface area contributed by atoms with E-state index >= 15 is 0 Å². The molecule has 1 N–H and O–H groups in total. The van der Waals surface area contributed by atoms with Crippen LogP contribution in [0.3, 0.4) is 0 Å². The summed E-state index contributed by atoms with van der Waals surface area (Å²) in [5, 5.41) is 12.5. The number of anilines is 1. The summed E-state index contributed by atoms with van der Waals surface area (Å²) in [6.07, 6.45) is 1.29. The molecule has 0 atom stereocenters. The number of nitrogens with zero attached hydrogens (tertiary/aromatic N) is 2. The average molecular weight is 393 g/mol. The number of thioether (sulfide) groups is 1. The predicted octanol–water partition coefficient (Wildman–Crippen LogP) is 5.34. The molecule has 134 valence electrons. The number of benzene rings is 2. The fourth-order valence-corrected chi connectivity index (χ4v) is 4.34. The van der Waals surface area contributed by atoms with Crippen molar-refractivity contribution in [1.82, 2.24) is 10.2 Å². The summed E-state index contributed by atoms with van der Waals surface area (Å²) in [5.41, 5.74) is 2.18. The van der Waals surface area contributed by atoms with Crippen LogP contribution in [0.4, 0.5) is 5.69 Å². The average Bonchev–Trinajstić information content (AvgIpc) is 3.41. The molecule has 27 heavy (non-hydrogen) atoms. The van der Waals surface area contributed by atoms with Gasteiger partial charge in [0.2, 0.25) is 12.3 Å². The Morgan fingerprint density at radius 2 is 1.93 bits per heavy atom. The molecule has 1 amide bonds. The van der Waals surface area contributed by atoms with Crippen molar-refractivity contribution in [2.75, 3.05) is 5.32 Å². The minimum Gasteiger partial charge on any atom is -0.423 e. The number of rotatable bonds is 6. The summed E-state index contributed by atoms with van der Waals surface area (Å²) < 4.78 is 5.17. The number of hydrogen-bond donors (Lipinski definition) is 1. The smallest absolute Gasteiger partial charge is 0.256 e. The highest BCUT2D eigenvalue weighted by atomic mass is 32.2. The van der Waals surface area contributed by atoms with E-state index in [4.69, 9.17) is 4.42 Å². The van der Waals surface area contributed by atoms with Gasteiger partial charge in [-0.1, -0.05) is 18.2 Å². The number of nitrogens with one attached hydrogen (secondary N) is 1. The van der Waals surface area contributed by atoms with Crippen LogP contribution >= 0.6 is 23.1 Å². The van der Waals surface area contributed by atoms with Crippen LogP contribution in [0.1, 0.15) is 15.2 Å². The molecule has 0 spiro atoms. The molecule has 4 rings (SSSR count). The van der Waals surface area contributed by atoms with Crippen LogP contribution in [0.5, 0.6) is 0 Å². The van der Waals surface area contributed by atoms with Crippen molar-refractivity contribution in [3.8, 4) is 11.5 Å². The molecule has 0 fully saturated rings. The summed E-state index contributed by atoms with van der Waals surface area (Å²) in [6, 6.07) is 19.1. The molecule has 0 aliphatic carbocycles. The van der Waals surface area contributed by atoms with Crippen molar-refractivity contribution in [2.24, 2.45) is 0 Å². The van der Waals surface area contributed by atoms with E-state index in [1.165, 1.54) is 11.3 Å². The second-order valence-electron chi connectivity index (χ2n) is 5.64. The van der Waals surface area contributed by atoms with Gasteiger partial charge in [-0.2, -0.15) is 0 Å². The van der Waals surface area contributed by atoms with E-state index in [0.717, 1.165) is 16.2 Å². The zero-order valence-electron chi connectivity index (χ0n) is 14.2. The number of carbonyl (C=O) groups is 1. The molecule has 0 unspecified atom stereocenters. The van der Waals surface area contributed by atoms with Crippen molar-refractivity contribution in [1.29, 1.82) is 0 Å². The van der Waals surface area contributed by atoms with Gasteiger partial charge in [0.05, 0.1) is 5.56 Å². The largest absolute Gasteiger partial charge is 0.423 e. The molecule has 2 aromatic carbocycles. The molecule has 0 bridgehead atoms. The van der Waals surface area contributed by atoms with Gasteiger partial charge in [0.15, 0.2) is 0 Å². The fraction of sp³-hybridized carbons (Fsp3) is 0.0500. The highest BCUT2D eigenvalue weighted by Gasteiger charge is 2.12. The van der Waals surface area contributed by atoms with E-state index in [-0.39, 0.29) is 5.91 Å². The number of hydrogen-bond acceptors (Lipinski definition) is 6. The summed E-state index contributed by atoms with van der Waals surface area (Å²) in [7, 11) is 0. The highest BCUT2D eigenvalue weighted by molar-refractivity contribution is 7.98. The van der Waals surface area contributed by atoms with Crippen LogP contribution in [0.25, 0.3) is 11.5 Å². The van der Waals surface area contributed by atoms with E-state index in [1.54, 1.807) is 23.1 Å². The van der Waals surface area contributed by atoms with Crippen LogP contribution in [0, 0.1) is 0 Å². The minimum atomic E-state index is -0.130. The summed E-state index contributed by atoms with van der Waals surface area (Å²) in [4.78, 5) is 15.0. The molecule has 5 nitrogen and oxygen atoms in total. The lowest BCUT2D eigenvalue weighted by Crippen LogP contribution is -2.12. The van der Waals surface area contributed by atoms with Gasteiger partial charge >= 0.3 is 0 Å². The molecule has 0 saturated carbocycles. The van der Waals surface area contributed by atoms with Gasteiger partial charge in [0.1, 0.15) is 0 Å². The third-order valence-electron chi connectivity index (χ3n) is 3.83. The second-order valence-corrected chi connectivity index (χ2v) is 7.69. The molecular formula is C20H15N3O2S2. The third-order valence-corrected chi connectivity index (χ3v) is 6.01. The minimum absolute atomic E-state index is 0.130. The van der Waals surface area contributed by atoms with E-state index < -0.39 is 0 Å². The van der Waals surface area contributed by atoms with Crippen molar-refractivity contribution in [2.45, 2.75) is 10.6 Å². The van der Waals surface area contributed by atoms with Gasteiger partial charge in [-0.15, -0.1) is 33.3 Å². The maximum Gasteiger partial charge on any atom is 0.256 e. The van der Waals surface area contributed by atoms with Crippen molar-refractivity contribution >= 4 is 34.7 Å². The molecule has 0 radical (unpaired) electrons. The van der Waals surface area contributed by atoms with Crippen LogP contribution in [0.15, 0.2) is 81.8 Å². The molecule has 0 aliphatic rings. The zero-order valence-corrected chi connectivity index (χ0v) is 15.8. The van der Waals surface area contributed by atoms with Gasteiger partial charge in [-0.25, -0.2) is 0 Å². The topological polar surface area (TPSA) is 68.0 Å². The fourth-order valence-electron chi connectivity index (χ4n) is 2.52. The normalized spacial score (nSPS) is 10.7. The standard InChI is InChI=1S/C20H15N3O2S2/c24-19(22-15-9-7-14(8-10-15)20-23-21-13-25-20)17-5-1-2-6-18(17)27-12-16-4-3-11-26-16/h1-11,13H,12H2,(H,22,24). The Morgan fingerprint density at radius 1 is 1.07 bits per heavy atom. The first-order valence-electron chi connectivity index (χ1n) is 8.22. The number of aromatic nitrogens is 2. The number of carbonyl (C=O) groups excluding carboxylic acids is 1. The zero-order chi connectivity index (χ0) is 18.5. The maximum atomic E-state index is 12.7. The molecular weight excluding hydrogens is 378 g/mol. The number of amides is 1. The summed E-state index contributed by atoms with van der Waals surface area (Å²) in [5.74, 6) is 1.17. The quantitative estimate of drug-likeness (QED) is 0.448. The SMILES string of the molecule is O=C(Nc1ccc(-c2nnco2)cc1)c1ccccc1SCc1cccs1.